The van der Waals surface area contributed by atoms with Gasteiger partial charge in [0, 0.05) is 26.7 Å². The molecule has 2 atom stereocenters. The van der Waals surface area contributed by atoms with Crippen LogP contribution in [-0.2, 0) is 19.5 Å². The molecule has 1 heterocycles. The summed E-state index contributed by atoms with van der Waals surface area (Å²) in [6, 6.07) is 0. The highest BCUT2D eigenvalue weighted by atomic mass is 32.2. The van der Waals surface area contributed by atoms with Gasteiger partial charge in [-0.05, 0) is 31.1 Å². The lowest BCUT2D eigenvalue weighted by Crippen LogP contribution is -2.59. The number of likely N-dealkylation sites (tertiary alicyclic amines) is 1. The molecule has 1 aliphatic carbocycles. The Labute approximate surface area is 132 Å². The van der Waals surface area contributed by atoms with Crippen molar-refractivity contribution in [1.82, 2.24) is 4.90 Å². The second kappa shape index (κ2) is 6.29. The van der Waals surface area contributed by atoms with Crippen LogP contribution in [0.5, 0.6) is 0 Å². The van der Waals surface area contributed by atoms with Crippen LogP contribution in [0.15, 0.2) is 24.0 Å². The van der Waals surface area contributed by atoms with E-state index in [1.165, 1.54) is 20.3 Å². The van der Waals surface area contributed by atoms with E-state index in [1.54, 1.807) is 12.2 Å². The SMILES string of the molecule is COC1=CC(N2CCCCC2)(S(N)(=O)=O)C=CC1(CN)OC. The Hall–Kier alpha value is -0.930. The molecule has 0 aromatic carbocycles. The zero-order valence-electron chi connectivity index (χ0n) is 13.1. The minimum atomic E-state index is -3.91. The Morgan fingerprint density at radius 2 is 1.86 bits per heavy atom. The number of rotatable bonds is 5. The minimum absolute atomic E-state index is 0.139. The summed E-state index contributed by atoms with van der Waals surface area (Å²) in [6.45, 7) is 1.47. The number of hydrogen-bond donors (Lipinski definition) is 2. The number of nitrogens with zero attached hydrogens (tertiary/aromatic N) is 1. The molecule has 126 valence electrons. The van der Waals surface area contributed by atoms with E-state index < -0.39 is 20.5 Å². The van der Waals surface area contributed by atoms with Gasteiger partial charge in [-0.25, -0.2) is 13.6 Å². The van der Waals surface area contributed by atoms with Gasteiger partial charge >= 0.3 is 0 Å². The van der Waals surface area contributed by atoms with Crippen molar-refractivity contribution in [2.24, 2.45) is 10.9 Å². The number of methoxy groups -OCH3 is 2. The van der Waals surface area contributed by atoms with Gasteiger partial charge in [0.15, 0.2) is 10.5 Å². The third kappa shape index (κ3) is 2.69. The van der Waals surface area contributed by atoms with Crippen LogP contribution < -0.4 is 10.9 Å². The van der Waals surface area contributed by atoms with Gasteiger partial charge in [0.2, 0.25) is 10.0 Å². The van der Waals surface area contributed by atoms with Crippen molar-refractivity contribution in [2.45, 2.75) is 29.7 Å². The molecule has 4 N–H and O–H groups in total. The minimum Gasteiger partial charge on any atom is -0.498 e. The number of nitrogens with two attached hydrogens (primary N) is 2. The molecule has 7 nitrogen and oxygen atoms in total. The molecule has 0 bridgehead atoms. The third-order valence-corrected chi connectivity index (χ3v) is 5.96. The molecule has 0 spiro atoms. The lowest BCUT2D eigenvalue weighted by atomic mass is 9.91. The molecule has 1 saturated heterocycles. The molecule has 1 aliphatic heterocycles. The van der Waals surface area contributed by atoms with Gasteiger partial charge in [-0.2, -0.15) is 0 Å². The van der Waals surface area contributed by atoms with Crippen LogP contribution in [0.1, 0.15) is 19.3 Å². The first-order chi connectivity index (χ1) is 10.3. The number of primary sulfonamides is 1. The van der Waals surface area contributed by atoms with Gasteiger partial charge in [0.1, 0.15) is 5.76 Å². The summed E-state index contributed by atoms with van der Waals surface area (Å²) in [5.41, 5.74) is 4.84. The molecule has 2 aliphatic rings. The Morgan fingerprint density at radius 1 is 1.23 bits per heavy atom. The zero-order valence-corrected chi connectivity index (χ0v) is 13.9. The molecule has 2 rings (SSSR count). The molecule has 8 heteroatoms. The van der Waals surface area contributed by atoms with Crippen LogP contribution in [0.2, 0.25) is 0 Å². The van der Waals surface area contributed by atoms with Crippen molar-refractivity contribution >= 4 is 10.0 Å². The molecule has 0 aromatic heterocycles. The van der Waals surface area contributed by atoms with E-state index in [0.29, 0.717) is 18.8 Å². The van der Waals surface area contributed by atoms with Crippen LogP contribution >= 0.6 is 0 Å². The molecular weight excluding hydrogens is 306 g/mol. The Morgan fingerprint density at radius 3 is 2.32 bits per heavy atom. The molecule has 0 aromatic rings. The first-order valence-electron chi connectivity index (χ1n) is 7.35. The fourth-order valence-corrected chi connectivity index (χ4v) is 4.22. The van der Waals surface area contributed by atoms with E-state index in [1.807, 2.05) is 4.90 Å². The maximum atomic E-state index is 12.4. The summed E-state index contributed by atoms with van der Waals surface area (Å²) in [4.78, 5) is 0.466. The monoisotopic (exact) mass is 331 g/mol. The van der Waals surface area contributed by atoms with Gasteiger partial charge in [-0.15, -0.1) is 0 Å². The summed E-state index contributed by atoms with van der Waals surface area (Å²) in [7, 11) is -0.931. The molecule has 1 fully saturated rings. The predicted molar refractivity (Wildman–Crippen MR) is 84.3 cm³/mol. The number of hydrogen-bond acceptors (Lipinski definition) is 6. The number of sulfonamides is 1. The Balaban J connectivity index is 2.55. The van der Waals surface area contributed by atoms with Gasteiger partial charge in [-0.1, -0.05) is 6.42 Å². The zero-order chi connectivity index (χ0) is 16.4. The summed E-state index contributed by atoms with van der Waals surface area (Å²) < 4.78 is 35.6. The topological polar surface area (TPSA) is 108 Å². The smallest absolute Gasteiger partial charge is 0.235 e. The molecule has 0 saturated carbocycles. The fourth-order valence-electron chi connectivity index (χ4n) is 3.14. The van der Waals surface area contributed by atoms with Crippen LogP contribution in [-0.4, -0.2) is 57.6 Å². The molecule has 2 unspecified atom stereocenters. The van der Waals surface area contributed by atoms with Crippen molar-refractivity contribution in [1.29, 1.82) is 0 Å². The average Bonchev–Trinajstić information content (AvgIpc) is 2.53. The number of ether oxygens (including phenoxy) is 2. The van der Waals surface area contributed by atoms with Crippen molar-refractivity contribution in [2.75, 3.05) is 33.9 Å². The highest BCUT2D eigenvalue weighted by Gasteiger charge is 2.49. The van der Waals surface area contributed by atoms with E-state index in [0.717, 1.165) is 19.3 Å². The first kappa shape index (κ1) is 17.4. The maximum absolute atomic E-state index is 12.4. The van der Waals surface area contributed by atoms with E-state index in [4.69, 9.17) is 20.3 Å². The molecule has 0 amide bonds. The van der Waals surface area contributed by atoms with E-state index in [-0.39, 0.29) is 6.54 Å². The highest BCUT2D eigenvalue weighted by molar-refractivity contribution is 7.90. The standard InChI is InChI=1S/C14H25N3O4S/c1-20-12-10-14(22(16,18)19,17-8-4-3-5-9-17)7-6-13(12,11-15)21-2/h6-7,10H,3-5,8-9,11,15H2,1-2H3,(H2,16,18,19). The highest BCUT2D eigenvalue weighted by Crippen LogP contribution is 2.37. The van der Waals surface area contributed by atoms with Crippen LogP contribution in [0.3, 0.4) is 0 Å². The van der Waals surface area contributed by atoms with E-state index >= 15 is 0 Å². The third-order valence-electron chi connectivity index (χ3n) is 4.54. The van der Waals surface area contributed by atoms with Gasteiger partial charge in [-0.3, -0.25) is 4.90 Å². The normalized spacial score (nSPS) is 33.5. The second-order valence-corrected chi connectivity index (χ2v) is 7.43. The van der Waals surface area contributed by atoms with Crippen LogP contribution in [0.4, 0.5) is 0 Å². The van der Waals surface area contributed by atoms with Gasteiger partial charge in [0.05, 0.1) is 7.11 Å². The first-order valence-corrected chi connectivity index (χ1v) is 8.90. The van der Waals surface area contributed by atoms with Crippen LogP contribution in [0.25, 0.3) is 0 Å². The summed E-state index contributed by atoms with van der Waals surface area (Å²) in [5.74, 6) is 0.361. The molecule has 0 radical (unpaired) electrons. The van der Waals surface area contributed by atoms with Crippen molar-refractivity contribution in [3.8, 4) is 0 Å². The lowest BCUT2D eigenvalue weighted by molar-refractivity contribution is 0.0186. The lowest BCUT2D eigenvalue weighted by Gasteiger charge is -2.44. The van der Waals surface area contributed by atoms with Gasteiger partial charge in [0.25, 0.3) is 0 Å². The van der Waals surface area contributed by atoms with Crippen molar-refractivity contribution < 1.29 is 17.9 Å². The average molecular weight is 331 g/mol. The summed E-state index contributed by atoms with van der Waals surface area (Å²) >= 11 is 0. The molecular formula is C14H25N3O4S. The predicted octanol–water partition coefficient (Wildman–Crippen LogP) is -0.0989. The molecule has 22 heavy (non-hydrogen) atoms. The van der Waals surface area contributed by atoms with E-state index in [9.17, 15) is 8.42 Å². The fraction of sp³-hybridized carbons (Fsp3) is 0.714. The Bertz CT molecular complexity index is 563. The van der Waals surface area contributed by atoms with Crippen molar-refractivity contribution in [3.63, 3.8) is 0 Å². The van der Waals surface area contributed by atoms with E-state index in [2.05, 4.69) is 0 Å². The largest absolute Gasteiger partial charge is 0.498 e. The number of piperidine rings is 1. The van der Waals surface area contributed by atoms with Crippen molar-refractivity contribution in [3.05, 3.63) is 24.0 Å². The quantitative estimate of drug-likeness (QED) is 0.681. The second-order valence-electron chi connectivity index (χ2n) is 5.69. The van der Waals surface area contributed by atoms with Crippen LogP contribution in [0, 0.1) is 0 Å². The maximum Gasteiger partial charge on any atom is 0.235 e. The van der Waals surface area contributed by atoms with Gasteiger partial charge < -0.3 is 15.2 Å². The summed E-state index contributed by atoms with van der Waals surface area (Å²) in [6.07, 6.45) is 7.72. The Kier molecular flexibility index (Phi) is 4.98. The summed E-state index contributed by atoms with van der Waals surface area (Å²) in [5, 5.41) is 5.57.